The Hall–Kier alpha value is -1.85. The summed E-state index contributed by atoms with van der Waals surface area (Å²) in [6, 6.07) is -3.66. The highest BCUT2D eigenvalue weighted by Crippen LogP contribution is 2.04. The molecular formula is C14H25N3O7S. The van der Waals surface area contributed by atoms with Crippen molar-refractivity contribution in [1.82, 2.24) is 10.6 Å². The third kappa shape index (κ3) is 9.27. The zero-order valence-electron chi connectivity index (χ0n) is 14.1. The second kappa shape index (κ2) is 11.7. The standard InChI is InChI=1S/C14H25N3O7S/c1-7(18)11(14(23)24)17-13(22)9(5-6-25-2)16-12(21)8(15)3-4-10(19)20/h7-9,11,18H,3-6,15H2,1-2H3,(H,16,21)(H,17,22)(H,19,20)(H,23,24). The molecule has 0 rings (SSSR count). The summed E-state index contributed by atoms with van der Waals surface area (Å²) in [5.74, 6) is -3.46. The Morgan fingerprint density at radius 1 is 1.08 bits per heavy atom. The fourth-order valence-corrected chi connectivity index (χ4v) is 2.31. The summed E-state index contributed by atoms with van der Waals surface area (Å²) >= 11 is 1.42. The van der Waals surface area contributed by atoms with Crippen molar-refractivity contribution < 1.29 is 34.5 Å². The predicted octanol–water partition coefficient (Wildman–Crippen LogP) is -1.63. The summed E-state index contributed by atoms with van der Waals surface area (Å²) in [6.07, 6.45) is 0.307. The lowest BCUT2D eigenvalue weighted by Crippen LogP contribution is -2.56. The number of amides is 2. The van der Waals surface area contributed by atoms with Crippen LogP contribution in [0.15, 0.2) is 0 Å². The fourth-order valence-electron chi connectivity index (χ4n) is 1.84. The maximum absolute atomic E-state index is 12.2. The number of rotatable bonds is 12. The zero-order valence-corrected chi connectivity index (χ0v) is 14.9. The second-order valence-corrected chi connectivity index (χ2v) is 6.43. The molecule has 11 heteroatoms. The van der Waals surface area contributed by atoms with Crippen molar-refractivity contribution >= 4 is 35.5 Å². The van der Waals surface area contributed by atoms with Crippen LogP contribution >= 0.6 is 11.8 Å². The SMILES string of the molecule is CSCCC(NC(=O)C(N)CCC(=O)O)C(=O)NC(C(=O)O)C(C)O. The normalized spacial score (nSPS) is 15.5. The van der Waals surface area contributed by atoms with Gasteiger partial charge in [0.25, 0.3) is 0 Å². The van der Waals surface area contributed by atoms with Crippen LogP contribution in [0.2, 0.25) is 0 Å². The number of hydrogen-bond acceptors (Lipinski definition) is 7. The van der Waals surface area contributed by atoms with Crippen LogP contribution in [0.5, 0.6) is 0 Å². The van der Waals surface area contributed by atoms with Crippen molar-refractivity contribution in [3.05, 3.63) is 0 Å². The van der Waals surface area contributed by atoms with E-state index < -0.39 is 48.0 Å². The number of aliphatic carboxylic acids is 2. The van der Waals surface area contributed by atoms with Crippen LogP contribution in [0.25, 0.3) is 0 Å². The molecule has 2 amide bonds. The Morgan fingerprint density at radius 3 is 2.12 bits per heavy atom. The lowest BCUT2D eigenvalue weighted by Gasteiger charge is -2.23. The molecule has 25 heavy (non-hydrogen) atoms. The predicted molar refractivity (Wildman–Crippen MR) is 91.0 cm³/mol. The number of aliphatic hydroxyl groups is 1. The van der Waals surface area contributed by atoms with Crippen molar-refractivity contribution in [2.45, 2.75) is 50.4 Å². The third-order valence-electron chi connectivity index (χ3n) is 3.30. The van der Waals surface area contributed by atoms with Gasteiger partial charge >= 0.3 is 11.9 Å². The van der Waals surface area contributed by atoms with Crippen LogP contribution < -0.4 is 16.4 Å². The first-order chi connectivity index (χ1) is 11.6. The number of aliphatic hydroxyl groups excluding tert-OH is 1. The molecule has 7 N–H and O–H groups in total. The summed E-state index contributed by atoms with van der Waals surface area (Å²) < 4.78 is 0. The molecule has 0 aliphatic rings. The van der Waals surface area contributed by atoms with Gasteiger partial charge in [0.05, 0.1) is 12.1 Å². The van der Waals surface area contributed by atoms with Crippen LogP contribution in [0.3, 0.4) is 0 Å². The molecule has 0 saturated carbocycles. The first kappa shape index (κ1) is 23.1. The van der Waals surface area contributed by atoms with Gasteiger partial charge in [-0.1, -0.05) is 0 Å². The quantitative estimate of drug-likeness (QED) is 0.232. The molecule has 0 aliphatic carbocycles. The van der Waals surface area contributed by atoms with E-state index in [4.69, 9.17) is 15.9 Å². The Morgan fingerprint density at radius 2 is 1.68 bits per heavy atom. The number of nitrogens with two attached hydrogens (primary N) is 1. The van der Waals surface area contributed by atoms with Crippen LogP contribution in [-0.2, 0) is 19.2 Å². The van der Waals surface area contributed by atoms with E-state index >= 15 is 0 Å². The van der Waals surface area contributed by atoms with E-state index in [9.17, 15) is 24.3 Å². The molecule has 0 radical (unpaired) electrons. The number of hydrogen-bond donors (Lipinski definition) is 6. The smallest absolute Gasteiger partial charge is 0.328 e. The molecule has 0 saturated heterocycles. The van der Waals surface area contributed by atoms with E-state index in [2.05, 4.69) is 10.6 Å². The van der Waals surface area contributed by atoms with E-state index in [1.54, 1.807) is 6.26 Å². The number of carboxylic acids is 2. The molecule has 0 heterocycles. The van der Waals surface area contributed by atoms with Gasteiger partial charge < -0.3 is 31.7 Å². The number of thioether (sulfide) groups is 1. The first-order valence-corrected chi connectivity index (χ1v) is 8.97. The van der Waals surface area contributed by atoms with E-state index in [-0.39, 0.29) is 19.3 Å². The Balaban J connectivity index is 4.92. The average molecular weight is 379 g/mol. The molecule has 10 nitrogen and oxygen atoms in total. The van der Waals surface area contributed by atoms with Crippen molar-refractivity contribution in [3.8, 4) is 0 Å². The van der Waals surface area contributed by atoms with E-state index in [1.807, 2.05) is 0 Å². The van der Waals surface area contributed by atoms with Crippen LogP contribution in [0.1, 0.15) is 26.2 Å². The highest BCUT2D eigenvalue weighted by molar-refractivity contribution is 7.98. The minimum absolute atomic E-state index is 0.0938. The summed E-state index contributed by atoms with van der Waals surface area (Å²) in [6.45, 7) is 1.22. The minimum atomic E-state index is -1.51. The van der Waals surface area contributed by atoms with Crippen LogP contribution in [-0.4, -0.2) is 75.3 Å². The lowest BCUT2D eigenvalue weighted by atomic mass is 10.1. The van der Waals surface area contributed by atoms with E-state index in [0.717, 1.165) is 0 Å². The maximum atomic E-state index is 12.2. The Bertz CT molecular complexity index is 487. The molecule has 0 aliphatic heterocycles. The third-order valence-corrected chi connectivity index (χ3v) is 3.94. The summed E-state index contributed by atoms with van der Waals surface area (Å²) in [5.41, 5.74) is 5.59. The maximum Gasteiger partial charge on any atom is 0.328 e. The number of carbonyl (C=O) groups excluding carboxylic acids is 2. The Kier molecular flexibility index (Phi) is 10.8. The van der Waals surface area contributed by atoms with Crippen molar-refractivity contribution in [3.63, 3.8) is 0 Å². The summed E-state index contributed by atoms with van der Waals surface area (Å²) in [4.78, 5) is 45.8. The molecule has 4 unspecified atom stereocenters. The largest absolute Gasteiger partial charge is 0.481 e. The Labute approximate surface area is 149 Å². The highest BCUT2D eigenvalue weighted by Gasteiger charge is 2.30. The van der Waals surface area contributed by atoms with Crippen LogP contribution in [0.4, 0.5) is 0 Å². The topological polar surface area (TPSA) is 179 Å². The molecule has 4 atom stereocenters. The van der Waals surface area contributed by atoms with Crippen molar-refractivity contribution in [2.75, 3.05) is 12.0 Å². The van der Waals surface area contributed by atoms with Gasteiger partial charge in [-0.05, 0) is 31.8 Å². The lowest BCUT2D eigenvalue weighted by molar-refractivity contribution is -0.145. The van der Waals surface area contributed by atoms with Gasteiger partial charge in [0.1, 0.15) is 6.04 Å². The zero-order chi connectivity index (χ0) is 19.6. The number of carboxylic acid groups (broad SMARTS) is 2. The molecule has 0 aromatic carbocycles. The van der Waals surface area contributed by atoms with Gasteiger partial charge in [-0.2, -0.15) is 11.8 Å². The first-order valence-electron chi connectivity index (χ1n) is 7.58. The van der Waals surface area contributed by atoms with Crippen LogP contribution in [0, 0.1) is 0 Å². The summed E-state index contributed by atoms with van der Waals surface area (Å²) in [7, 11) is 0. The molecule has 0 aromatic heterocycles. The molecule has 0 aromatic rings. The average Bonchev–Trinajstić information content (AvgIpc) is 2.52. The molecule has 0 bridgehead atoms. The fraction of sp³-hybridized carbons (Fsp3) is 0.714. The van der Waals surface area contributed by atoms with Gasteiger partial charge in [-0.3, -0.25) is 14.4 Å². The van der Waals surface area contributed by atoms with Gasteiger partial charge in [0, 0.05) is 6.42 Å². The monoisotopic (exact) mass is 379 g/mol. The molecule has 144 valence electrons. The molecule has 0 fully saturated rings. The number of nitrogens with one attached hydrogen (secondary N) is 2. The second-order valence-electron chi connectivity index (χ2n) is 5.45. The summed E-state index contributed by atoms with van der Waals surface area (Å²) in [5, 5.41) is 31.6. The van der Waals surface area contributed by atoms with Gasteiger partial charge in [-0.25, -0.2) is 4.79 Å². The van der Waals surface area contributed by atoms with E-state index in [0.29, 0.717) is 5.75 Å². The molecule has 0 spiro atoms. The van der Waals surface area contributed by atoms with E-state index in [1.165, 1.54) is 18.7 Å². The van der Waals surface area contributed by atoms with Gasteiger partial charge in [-0.15, -0.1) is 0 Å². The van der Waals surface area contributed by atoms with Gasteiger partial charge in [0.15, 0.2) is 6.04 Å². The molecular weight excluding hydrogens is 354 g/mol. The highest BCUT2D eigenvalue weighted by atomic mass is 32.2. The number of carbonyl (C=O) groups is 4. The van der Waals surface area contributed by atoms with Crippen molar-refractivity contribution in [1.29, 1.82) is 0 Å². The van der Waals surface area contributed by atoms with Crippen molar-refractivity contribution in [2.24, 2.45) is 5.73 Å². The minimum Gasteiger partial charge on any atom is -0.481 e. The van der Waals surface area contributed by atoms with Gasteiger partial charge in [0.2, 0.25) is 11.8 Å².